The maximum absolute atomic E-state index is 12.2. The molecule has 4 heteroatoms. The first-order valence-corrected chi connectivity index (χ1v) is 6.58. The van der Waals surface area contributed by atoms with Gasteiger partial charge in [0.05, 0.1) is 5.56 Å². The third-order valence-electron chi connectivity index (χ3n) is 2.92. The zero-order chi connectivity index (χ0) is 15.2. The summed E-state index contributed by atoms with van der Waals surface area (Å²) >= 11 is 0. The highest BCUT2D eigenvalue weighted by atomic mass is 16.5. The normalized spacial score (nSPS) is 10.1. The number of aromatic hydroxyl groups is 1. The maximum Gasteiger partial charge on any atom is 0.170 e. The van der Waals surface area contributed by atoms with Gasteiger partial charge in [-0.1, -0.05) is 30.3 Å². The lowest BCUT2D eigenvalue weighted by Crippen LogP contribution is -2.07. The van der Waals surface area contributed by atoms with Gasteiger partial charge in [0.2, 0.25) is 0 Å². The number of benzene rings is 2. The molecule has 0 heterocycles. The second kappa shape index (κ2) is 6.70. The third kappa shape index (κ3) is 4.18. The minimum atomic E-state index is -0.170. The average Bonchev–Trinajstić information content (AvgIpc) is 2.46. The molecule has 0 spiro atoms. The van der Waals surface area contributed by atoms with E-state index in [1.54, 1.807) is 6.07 Å². The summed E-state index contributed by atoms with van der Waals surface area (Å²) in [5.74, 6) is -0.0634. The third-order valence-corrected chi connectivity index (χ3v) is 2.92. The monoisotopic (exact) mass is 284 g/mol. The van der Waals surface area contributed by atoms with Crippen LogP contribution in [0, 0.1) is 0 Å². The maximum atomic E-state index is 12.2. The Hall–Kier alpha value is -2.62. The van der Waals surface area contributed by atoms with Gasteiger partial charge >= 0.3 is 0 Å². The molecule has 0 unspecified atom stereocenters. The minimum absolute atomic E-state index is 0.0588. The lowest BCUT2D eigenvalue weighted by molar-refractivity contribution is -0.118. The SMILES string of the molecule is CC(=O)COc1ccc(C(=O)Cc2ccccc2)c(O)c1. The van der Waals surface area contributed by atoms with Crippen LogP contribution in [0.4, 0.5) is 0 Å². The molecule has 0 saturated heterocycles. The van der Waals surface area contributed by atoms with Gasteiger partial charge in [-0.05, 0) is 24.6 Å². The van der Waals surface area contributed by atoms with Gasteiger partial charge in [0.15, 0.2) is 11.6 Å². The first kappa shape index (κ1) is 14.8. The predicted octanol–water partition coefficient (Wildman–Crippen LogP) is 2.79. The van der Waals surface area contributed by atoms with E-state index in [0.717, 1.165) is 5.56 Å². The van der Waals surface area contributed by atoms with Crippen LogP contribution in [0.3, 0.4) is 0 Å². The highest BCUT2D eigenvalue weighted by Gasteiger charge is 2.13. The fraction of sp³-hybridized carbons (Fsp3) is 0.176. The van der Waals surface area contributed by atoms with Crippen LogP contribution in [0.15, 0.2) is 48.5 Å². The van der Waals surface area contributed by atoms with Crippen molar-refractivity contribution in [1.82, 2.24) is 0 Å². The molecule has 0 atom stereocenters. The van der Waals surface area contributed by atoms with E-state index in [1.165, 1.54) is 19.1 Å². The molecule has 2 rings (SSSR count). The van der Waals surface area contributed by atoms with Crippen molar-refractivity contribution < 1.29 is 19.4 Å². The molecule has 0 aromatic heterocycles. The van der Waals surface area contributed by atoms with Gasteiger partial charge in [0.25, 0.3) is 0 Å². The highest BCUT2D eigenvalue weighted by molar-refractivity contribution is 6.00. The van der Waals surface area contributed by atoms with Gasteiger partial charge in [-0.25, -0.2) is 0 Å². The predicted molar refractivity (Wildman–Crippen MR) is 78.8 cm³/mol. The zero-order valence-corrected chi connectivity index (χ0v) is 11.7. The van der Waals surface area contributed by atoms with E-state index in [4.69, 9.17) is 4.74 Å². The van der Waals surface area contributed by atoms with E-state index in [-0.39, 0.29) is 35.9 Å². The van der Waals surface area contributed by atoms with E-state index in [1.807, 2.05) is 30.3 Å². The minimum Gasteiger partial charge on any atom is -0.507 e. The molecule has 4 nitrogen and oxygen atoms in total. The van der Waals surface area contributed by atoms with Crippen molar-refractivity contribution in [1.29, 1.82) is 0 Å². The molecule has 0 fully saturated rings. The summed E-state index contributed by atoms with van der Waals surface area (Å²) in [6.45, 7) is 1.36. The lowest BCUT2D eigenvalue weighted by atomic mass is 10.0. The van der Waals surface area contributed by atoms with Crippen LogP contribution in [0.5, 0.6) is 11.5 Å². The molecule has 0 aliphatic carbocycles. The summed E-state index contributed by atoms with van der Waals surface area (Å²) in [5, 5.41) is 9.92. The number of rotatable bonds is 6. The van der Waals surface area contributed by atoms with E-state index in [9.17, 15) is 14.7 Å². The quantitative estimate of drug-likeness (QED) is 0.828. The summed E-state index contributed by atoms with van der Waals surface area (Å²) in [4.78, 5) is 23.0. The summed E-state index contributed by atoms with van der Waals surface area (Å²) in [7, 11) is 0. The van der Waals surface area contributed by atoms with Gasteiger partial charge in [0, 0.05) is 12.5 Å². The van der Waals surface area contributed by atoms with Crippen LogP contribution in [-0.2, 0) is 11.2 Å². The van der Waals surface area contributed by atoms with Crippen molar-refractivity contribution in [2.75, 3.05) is 6.61 Å². The number of carbonyl (C=O) groups excluding carboxylic acids is 2. The Labute approximate surface area is 123 Å². The molecule has 0 aliphatic heterocycles. The molecule has 0 amide bonds. The average molecular weight is 284 g/mol. The van der Waals surface area contributed by atoms with Crippen LogP contribution in [0.25, 0.3) is 0 Å². The van der Waals surface area contributed by atoms with Crippen molar-refractivity contribution in [2.45, 2.75) is 13.3 Å². The molecular weight excluding hydrogens is 268 g/mol. The number of phenolic OH excluding ortho intramolecular Hbond substituents is 1. The van der Waals surface area contributed by atoms with E-state index in [2.05, 4.69) is 0 Å². The van der Waals surface area contributed by atoms with Crippen LogP contribution in [0.1, 0.15) is 22.8 Å². The number of Topliss-reactive ketones (excluding diaryl/α,β-unsaturated/α-hetero) is 2. The number of hydrogen-bond donors (Lipinski definition) is 1. The fourth-order valence-electron chi connectivity index (χ4n) is 1.90. The molecule has 1 N–H and O–H groups in total. The Kier molecular flexibility index (Phi) is 4.72. The van der Waals surface area contributed by atoms with Crippen molar-refractivity contribution >= 4 is 11.6 Å². The summed E-state index contributed by atoms with van der Waals surface area (Å²) in [5.41, 5.74) is 1.13. The van der Waals surface area contributed by atoms with Crippen LogP contribution < -0.4 is 4.74 Å². The van der Waals surface area contributed by atoms with Crippen LogP contribution in [-0.4, -0.2) is 23.3 Å². The van der Waals surface area contributed by atoms with Crippen molar-refractivity contribution in [2.24, 2.45) is 0 Å². The van der Waals surface area contributed by atoms with E-state index in [0.29, 0.717) is 5.75 Å². The highest BCUT2D eigenvalue weighted by Crippen LogP contribution is 2.25. The molecule has 0 aliphatic rings. The summed E-state index contributed by atoms with van der Waals surface area (Å²) in [6.07, 6.45) is 0.224. The van der Waals surface area contributed by atoms with Gasteiger partial charge < -0.3 is 9.84 Å². The molecule has 2 aromatic carbocycles. The number of hydrogen-bond acceptors (Lipinski definition) is 4. The van der Waals surface area contributed by atoms with Crippen molar-refractivity contribution in [3.05, 3.63) is 59.7 Å². The lowest BCUT2D eigenvalue weighted by Gasteiger charge is -2.08. The number of ketones is 2. The van der Waals surface area contributed by atoms with Gasteiger partial charge in [-0.2, -0.15) is 0 Å². The van der Waals surface area contributed by atoms with E-state index < -0.39 is 0 Å². The van der Waals surface area contributed by atoms with E-state index >= 15 is 0 Å². The Balaban J connectivity index is 2.09. The standard InChI is InChI=1S/C17H16O4/c1-12(18)11-21-14-7-8-15(17(20)10-14)16(19)9-13-5-3-2-4-6-13/h2-8,10,20H,9,11H2,1H3. The summed E-state index contributed by atoms with van der Waals surface area (Å²) in [6, 6.07) is 13.8. The summed E-state index contributed by atoms with van der Waals surface area (Å²) < 4.78 is 5.18. The Bertz CT molecular complexity index is 647. The van der Waals surface area contributed by atoms with Crippen molar-refractivity contribution in [3.63, 3.8) is 0 Å². The first-order chi connectivity index (χ1) is 10.1. The Morgan fingerprint density at radius 2 is 1.81 bits per heavy atom. The van der Waals surface area contributed by atoms with Crippen molar-refractivity contribution in [3.8, 4) is 11.5 Å². The van der Waals surface area contributed by atoms with Gasteiger partial charge in [-0.3, -0.25) is 9.59 Å². The molecule has 0 radical (unpaired) electrons. The molecule has 0 saturated carbocycles. The number of phenols is 1. The zero-order valence-electron chi connectivity index (χ0n) is 11.7. The Morgan fingerprint density at radius 3 is 2.43 bits per heavy atom. The first-order valence-electron chi connectivity index (χ1n) is 6.58. The molecule has 21 heavy (non-hydrogen) atoms. The molecule has 2 aromatic rings. The van der Waals surface area contributed by atoms with Gasteiger partial charge in [0.1, 0.15) is 18.1 Å². The van der Waals surface area contributed by atoms with Crippen LogP contribution >= 0.6 is 0 Å². The smallest absolute Gasteiger partial charge is 0.170 e. The second-order valence-electron chi connectivity index (χ2n) is 4.76. The fourth-order valence-corrected chi connectivity index (χ4v) is 1.90. The molecule has 0 bridgehead atoms. The number of ether oxygens (including phenoxy) is 1. The second-order valence-corrected chi connectivity index (χ2v) is 4.76. The number of carbonyl (C=O) groups is 2. The van der Waals surface area contributed by atoms with Crippen LogP contribution in [0.2, 0.25) is 0 Å². The molecule has 108 valence electrons. The Morgan fingerprint density at radius 1 is 1.10 bits per heavy atom. The largest absolute Gasteiger partial charge is 0.507 e. The van der Waals surface area contributed by atoms with Gasteiger partial charge in [-0.15, -0.1) is 0 Å². The topological polar surface area (TPSA) is 63.6 Å². The molecular formula is C17H16O4.